The Hall–Kier alpha value is -3.08. The highest BCUT2D eigenvalue weighted by atomic mass is 16.5. The number of benzene rings is 2. The van der Waals surface area contributed by atoms with Crippen LogP contribution in [-0.4, -0.2) is 17.0 Å². The van der Waals surface area contributed by atoms with E-state index in [1.807, 2.05) is 24.3 Å². The number of fused-ring (bicyclic) bond motifs is 1. The first kappa shape index (κ1) is 13.9. The maximum Gasteiger partial charge on any atom is 0.335 e. The van der Waals surface area contributed by atoms with Gasteiger partial charge >= 0.3 is 5.97 Å². The van der Waals surface area contributed by atoms with Gasteiger partial charge in [-0.2, -0.15) is 0 Å². The van der Waals surface area contributed by atoms with E-state index in [-0.39, 0.29) is 5.56 Å². The number of rotatable bonds is 3. The van der Waals surface area contributed by atoms with Crippen LogP contribution in [0.1, 0.15) is 21.5 Å². The molecule has 0 amide bonds. The fourth-order valence-corrected chi connectivity index (χ4v) is 2.17. The van der Waals surface area contributed by atoms with Crippen molar-refractivity contribution in [1.29, 1.82) is 0 Å². The lowest BCUT2D eigenvalue weighted by atomic mass is 10.1. The first-order chi connectivity index (χ1) is 10.6. The fourth-order valence-electron chi connectivity index (χ4n) is 2.17. The van der Waals surface area contributed by atoms with Crippen LogP contribution in [0, 0.1) is 0 Å². The summed E-state index contributed by atoms with van der Waals surface area (Å²) in [5.74, 6) is -0.577. The number of hydrogen-bond donors (Lipinski definition) is 2. The van der Waals surface area contributed by atoms with Crippen molar-refractivity contribution in [2.75, 3.05) is 0 Å². The van der Waals surface area contributed by atoms with Crippen molar-refractivity contribution in [1.82, 2.24) is 0 Å². The molecule has 0 saturated heterocycles. The first-order valence-electron chi connectivity index (χ1n) is 6.74. The molecule has 0 radical (unpaired) electrons. The van der Waals surface area contributed by atoms with Crippen LogP contribution in [0.15, 0.2) is 59.6 Å². The molecule has 1 aliphatic rings. The van der Waals surface area contributed by atoms with E-state index in [1.54, 1.807) is 18.2 Å². The lowest BCUT2D eigenvalue weighted by Gasteiger charge is -2.15. The van der Waals surface area contributed by atoms with Gasteiger partial charge in [-0.15, -0.1) is 0 Å². The first-order valence-corrected chi connectivity index (χ1v) is 6.74. The van der Waals surface area contributed by atoms with Crippen LogP contribution >= 0.6 is 0 Å². The van der Waals surface area contributed by atoms with Crippen molar-refractivity contribution in [2.45, 2.75) is 6.61 Å². The molecule has 2 aromatic carbocycles. The van der Waals surface area contributed by atoms with E-state index in [2.05, 4.69) is 4.99 Å². The van der Waals surface area contributed by atoms with Gasteiger partial charge in [0.15, 0.2) is 0 Å². The number of nitrogens with zero attached hydrogens (tertiary/aromatic N) is 1. The Kier molecular flexibility index (Phi) is 3.62. The van der Waals surface area contributed by atoms with E-state index >= 15 is 0 Å². The third-order valence-electron chi connectivity index (χ3n) is 3.32. The zero-order chi connectivity index (χ0) is 15.5. The molecule has 110 valence electrons. The third-order valence-corrected chi connectivity index (χ3v) is 3.32. The molecule has 3 N–H and O–H groups in total. The number of hydrogen-bond acceptors (Lipinski definition) is 4. The summed E-state index contributed by atoms with van der Waals surface area (Å²) in [4.78, 5) is 15.4. The molecule has 5 heteroatoms. The number of para-hydroxylation sites is 1. The Labute approximate surface area is 127 Å². The monoisotopic (exact) mass is 294 g/mol. The highest BCUT2D eigenvalue weighted by molar-refractivity contribution is 5.97. The summed E-state index contributed by atoms with van der Waals surface area (Å²) in [6.07, 6.45) is 1.61. The van der Waals surface area contributed by atoms with Gasteiger partial charge in [0.05, 0.1) is 11.3 Å². The van der Waals surface area contributed by atoms with Gasteiger partial charge < -0.3 is 15.6 Å². The summed E-state index contributed by atoms with van der Waals surface area (Å²) < 4.78 is 5.55. The fraction of sp³-hybridized carbons (Fsp3) is 0.0588. The highest BCUT2D eigenvalue weighted by Crippen LogP contribution is 2.24. The van der Waals surface area contributed by atoms with E-state index in [0.717, 1.165) is 11.3 Å². The van der Waals surface area contributed by atoms with Crippen molar-refractivity contribution in [3.05, 3.63) is 71.3 Å². The minimum Gasteiger partial charge on any atom is -0.478 e. The van der Waals surface area contributed by atoms with Crippen LogP contribution in [0.2, 0.25) is 0 Å². The van der Waals surface area contributed by atoms with Crippen LogP contribution in [0.25, 0.3) is 5.70 Å². The lowest BCUT2D eigenvalue weighted by molar-refractivity contribution is 0.0697. The number of carbonyl (C=O) groups is 1. The smallest absolute Gasteiger partial charge is 0.335 e. The number of carboxylic acids is 1. The Balaban J connectivity index is 1.91. The highest BCUT2D eigenvalue weighted by Gasteiger charge is 2.12. The summed E-state index contributed by atoms with van der Waals surface area (Å²) >= 11 is 0. The second kappa shape index (κ2) is 5.73. The predicted octanol–water partition coefficient (Wildman–Crippen LogP) is 2.94. The van der Waals surface area contributed by atoms with E-state index in [9.17, 15) is 4.79 Å². The van der Waals surface area contributed by atoms with E-state index in [4.69, 9.17) is 15.6 Å². The molecule has 0 unspecified atom stereocenters. The number of aromatic carboxylic acids is 1. The van der Waals surface area contributed by atoms with Crippen molar-refractivity contribution in [3.63, 3.8) is 0 Å². The largest absolute Gasteiger partial charge is 0.478 e. The molecular formula is C17H14N2O3. The third kappa shape index (κ3) is 2.83. The second-order valence-electron chi connectivity index (χ2n) is 4.85. The maximum absolute atomic E-state index is 11.0. The van der Waals surface area contributed by atoms with Crippen LogP contribution in [0.4, 0.5) is 5.69 Å². The molecule has 22 heavy (non-hydrogen) atoms. The van der Waals surface area contributed by atoms with Crippen molar-refractivity contribution in [2.24, 2.45) is 10.7 Å². The van der Waals surface area contributed by atoms with Gasteiger partial charge in [0.1, 0.15) is 6.61 Å². The Morgan fingerprint density at radius 2 is 1.95 bits per heavy atom. The number of ether oxygens (including phenoxy) is 1. The van der Waals surface area contributed by atoms with Gasteiger partial charge in [-0.1, -0.05) is 30.3 Å². The minimum absolute atomic E-state index is 0.186. The molecule has 1 aliphatic heterocycles. The Bertz CT molecular complexity index is 794. The molecule has 1 heterocycles. The number of aliphatic imine (C=N–C) groups is 1. The molecule has 2 aromatic rings. The zero-order valence-electron chi connectivity index (χ0n) is 11.7. The van der Waals surface area contributed by atoms with Crippen molar-refractivity contribution in [3.8, 4) is 0 Å². The summed E-state index contributed by atoms with van der Waals surface area (Å²) in [5.41, 5.74) is 9.10. The molecular weight excluding hydrogens is 280 g/mol. The molecule has 0 saturated carbocycles. The van der Waals surface area contributed by atoms with Crippen LogP contribution in [0.3, 0.4) is 0 Å². The van der Waals surface area contributed by atoms with Gasteiger partial charge in [0, 0.05) is 17.3 Å². The average molecular weight is 294 g/mol. The molecule has 0 atom stereocenters. The standard InChI is InChI=1S/C17H14N2O3/c18-14(11-5-3-6-12(8-11)17(20)21)9-16-19-15-7-2-1-4-13(15)10-22-16/h1-9H,10,18H2,(H,20,21). The normalized spacial score (nSPS) is 13.8. The summed E-state index contributed by atoms with van der Waals surface area (Å²) in [5, 5.41) is 9.01. The quantitative estimate of drug-likeness (QED) is 0.911. The zero-order valence-corrected chi connectivity index (χ0v) is 11.7. The Morgan fingerprint density at radius 3 is 2.77 bits per heavy atom. The second-order valence-corrected chi connectivity index (χ2v) is 4.85. The number of carboxylic acid groups (broad SMARTS) is 1. The summed E-state index contributed by atoms with van der Waals surface area (Å²) in [6, 6.07) is 14.1. The van der Waals surface area contributed by atoms with Gasteiger partial charge in [0.25, 0.3) is 0 Å². The molecule has 0 aromatic heterocycles. The number of nitrogens with two attached hydrogens (primary N) is 1. The van der Waals surface area contributed by atoms with Crippen LogP contribution in [0.5, 0.6) is 0 Å². The van der Waals surface area contributed by atoms with Crippen molar-refractivity contribution < 1.29 is 14.6 Å². The molecule has 0 aliphatic carbocycles. The topological polar surface area (TPSA) is 84.9 Å². The van der Waals surface area contributed by atoms with Gasteiger partial charge in [-0.05, 0) is 23.8 Å². The molecule has 0 fully saturated rings. The molecule has 0 spiro atoms. The van der Waals surface area contributed by atoms with Crippen LogP contribution < -0.4 is 5.73 Å². The van der Waals surface area contributed by atoms with Gasteiger partial charge in [-0.25, -0.2) is 9.79 Å². The summed E-state index contributed by atoms with van der Waals surface area (Å²) in [6.45, 7) is 0.438. The molecule has 0 bridgehead atoms. The lowest BCUT2D eigenvalue weighted by Crippen LogP contribution is -2.10. The molecule has 3 rings (SSSR count). The van der Waals surface area contributed by atoms with Gasteiger partial charge in [0.2, 0.25) is 5.90 Å². The Morgan fingerprint density at radius 1 is 1.18 bits per heavy atom. The maximum atomic E-state index is 11.0. The van der Waals surface area contributed by atoms with E-state index in [0.29, 0.717) is 23.8 Å². The average Bonchev–Trinajstić information content (AvgIpc) is 2.55. The van der Waals surface area contributed by atoms with Gasteiger partial charge in [-0.3, -0.25) is 0 Å². The van der Waals surface area contributed by atoms with E-state index < -0.39 is 5.97 Å². The van der Waals surface area contributed by atoms with E-state index in [1.165, 1.54) is 12.1 Å². The summed E-state index contributed by atoms with van der Waals surface area (Å²) in [7, 11) is 0. The molecule has 5 nitrogen and oxygen atoms in total. The SMILES string of the molecule is NC(=CC1=Nc2ccccc2CO1)c1cccc(C(=O)O)c1. The van der Waals surface area contributed by atoms with Crippen molar-refractivity contribution >= 4 is 23.3 Å². The minimum atomic E-state index is -0.991. The predicted molar refractivity (Wildman–Crippen MR) is 83.9 cm³/mol. The van der Waals surface area contributed by atoms with Crippen LogP contribution in [-0.2, 0) is 11.3 Å².